The molecular formula is C17H19N7O. The number of carbonyl (C=O) groups excluding carboxylic acids is 1. The number of aryl methyl sites for hydroxylation is 1. The van der Waals surface area contributed by atoms with Crippen molar-refractivity contribution in [1.29, 1.82) is 0 Å². The van der Waals surface area contributed by atoms with Gasteiger partial charge >= 0.3 is 0 Å². The van der Waals surface area contributed by atoms with Gasteiger partial charge in [0.1, 0.15) is 12.4 Å². The summed E-state index contributed by atoms with van der Waals surface area (Å²) in [5.41, 5.74) is 2.44. The van der Waals surface area contributed by atoms with Crippen molar-refractivity contribution in [2.24, 2.45) is 0 Å². The van der Waals surface area contributed by atoms with Crippen molar-refractivity contribution in [3.8, 4) is 11.4 Å². The minimum absolute atomic E-state index is 0.0219. The molecule has 0 saturated carbocycles. The minimum Gasteiger partial charge on any atom is -0.347 e. The Morgan fingerprint density at radius 2 is 2.12 bits per heavy atom. The lowest BCUT2D eigenvalue weighted by molar-refractivity contribution is -0.129. The third-order valence-electron chi connectivity index (χ3n) is 3.48. The average Bonchev–Trinajstić information content (AvgIpc) is 3.02. The Bertz CT molecular complexity index is 874. The lowest BCUT2D eigenvalue weighted by Crippen LogP contribution is -2.26. The summed E-state index contributed by atoms with van der Waals surface area (Å²) in [5.74, 6) is 1.24. The van der Waals surface area contributed by atoms with Crippen LogP contribution in [0.1, 0.15) is 5.69 Å². The van der Waals surface area contributed by atoms with Gasteiger partial charge < -0.3 is 10.2 Å². The summed E-state index contributed by atoms with van der Waals surface area (Å²) in [6.07, 6.45) is 6.86. The van der Waals surface area contributed by atoms with E-state index in [1.807, 2.05) is 25.1 Å². The number of carbonyl (C=O) groups is 1. The van der Waals surface area contributed by atoms with Gasteiger partial charge in [0.15, 0.2) is 5.82 Å². The summed E-state index contributed by atoms with van der Waals surface area (Å²) >= 11 is 0. The monoisotopic (exact) mass is 337 g/mol. The number of rotatable bonds is 5. The molecule has 3 aromatic rings. The summed E-state index contributed by atoms with van der Waals surface area (Å²) in [7, 11) is 3.43. The normalized spacial score (nSPS) is 10.5. The maximum Gasteiger partial charge on any atom is 0.243 e. The SMILES string of the molecule is Cc1cc(Nc2cnn(CC(=O)N(C)C)c2)nc(-c2cccnc2)n1. The number of likely N-dealkylation sites (N-methyl/N-ethyl adjacent to an activating group) is 1. The first-order valence-corrected chi connectivity index (χ1v) is 7.77. The lowest BCUT2D eigenvalue weighted by Gasteiger charge is -2.09. The van der Waals surface area contributed by atoms with Crippen LogP contribution in [0.25, 0.3) is 11.4 Å². The van der Waals surface area contributed by atoms with E-state index in [-0.39, 0.29) is 12.5 Å². The number of pyridine rings is 1. The van der Waals surface area contributed by atoms with Crippen LogP contribution < -0.4 is 5.32 Å². The molecule has 3 heterocycles. The molecule has 0 aliphatic carbocycles. The van der Waals surface area contributed by atoms with Crippen molar-refractivity contribution in [3.63, 3.8) is 0 Å². The predicted molar refractivity (Wildman–Crippen MR) is 94.2 cm³/mol. The van der Waals surface area contributed by atoms with Crippen LogP contribution in [0.5, 0.6) is 0 Å². The zero-order valence-corrected chi connectivity index (χ0v) is 14.3. The van der Waals surface area contributed by atoms with E-state index in [1.165, 1.54) is 4.90 Å². The van der Waals surface area contributed by atoms with Crippen LogP contribution in [0.3, 0.4) is 0 Å². The number of anilines is 2. The van der Waals surface area contributed by atoms with Crippen LogP contribution in [0.4, 0.5) is 11.5 Å². The fourth-order valence-electron chi connectivity index (χ4n) is 2.20. The summed E-state index contributed by atoms with van der Waals surface area (Å²) in [6, 6.07) is 5.61. The topological polar surface area (TPSA) is 88.8 Å². The van der Waals surface area contributed by atoms with Gasteiger partial charge in [-0.15, -0.1) is 0 Å². The highest BCUT2D eigenvalue weighted by Crippen LogP contribution is 2.19. The second kappa shape index (κ2) is 7.08. The number of hydrogen-bond donors (Lipinski definition) is 1. The first-order chi connectivity index (χ1) is 12.0. The second-order valence-corrected chi connectivity index (χ2v) is 5.80. The van der Waals surface area contributed by atoms with Gasteiger partial charge in [0.25, 0.3) is 0 Å². The van der Waals surface area contributed by atoms with Crippen molar-refractivity contribution in [3.05, 3.63) is 48.7 Å². The number of aromatic nitrogens is 5. The summed E-state index contributed by atoms with van der Waals surface area (Å²) < 4.78 is 1.58. The molecule has 3 aromatic heterocycles. The van der Waals surface area contributed by atoms with E-state index in [0.29, 0.717) is 11.6 Å². The van der Waals surface area contributed by atoms with Gasteiger partial charge in [-0.2, -0.15) is 5.10 Å². The van der Waals surface area contributed by atoms with Crippen LogP contribution in [0.2, 0.25) is 0 Å². The fraction of sp³-hybridized carbons (Fsp3) is 0.235. The van der Waals surface area contributed by atoms with E-state index < -0.39 is 0 Å². The van der Waals surface area contributed by atoms with Crippen LogP contribution in [0.15, 0.2) is 43.0 Å². The first kappa shape index (κ1) is 16.6. The Balaban J connectivity index is 1.78. The smallest absolute Gasteiger partial charge is 0.243 e. The second-order valence-electron chi connectivity index (χ2n) is 5.80. The molecule has 0 atom stereocenters. The van der Waals surface area contributed by atoms with Crippen LogP contribution in [-0.2, 0) is 11.3 Å². The highest BCUT2D eigenvalue weighted by atomic mass is 16.2. The van der Waals surface area contributed by atoms with Crippen molar-refractivity contribution in [2.45, 2.75) is 13.5 Å². The molecule has 0 radical (unpaired) electrons. The fourth-order valence-corrected chi connectivity index (χ4v) is 2.20. The van der Waals surface area contributed by atoms with Gasteiger partial charge in [-0.1, -0.05) is 0 Å². The maximum absolute atomic E-state index is 11.7. The van der Waals surface area contributed by atoms with Crippen LogP contribution in [0, 0.1) is 6.92 Å². The van der Waals surface area contributed by atoms with Gasteiger partial charge in [-0.25, -0.2) is 9.97 Å². The molecule has 8 heteroatoms. The zero-order chi connectivity index (χ0) is 17.8. The van der Waals surface area contributed by atoms with E-state index in [9.17, 15) is 4.79 Å². The number of nitrogens with one attached hydrogen (secondary N) is 1. The summed E-state index contributed by atoms with van der Waals surface area (Å²) in [5, 5.41) is 7.39. The molecule has 0 unspecified atom stereocenters. The summed E-state index contributed by atoms with van der Waals surface area (Å²) in [6.45, 7) is 2.10. The molecule has 3 rings (SSSR count). The van der Waals surface area contributed by atoms with Crippen molar-refractivity contribution < 1.29 is 4.79 Å². The number of hydrogen-bond acceptors (Lipinski definition) is 6. The zero-order valence-electron chi connectivity index (χ0n) is 14.3. The Labute approximate surface area is 145 Å². The number of nitrogens with zero attached hydrogens (tertiary/aromatic N) is 6. The molecule has 0 aromatic carbocycles. The molecule has 1 N–H and O–H groups in total. The quantitative estimate of drug-likeness (QED) is 0.764. The molecule has 0 aliphatic heterocycles. The predicted octanol–water partition coefficient (Wildman–Crippen LogP) is 1.88. The molecule has 1 amide bonds. The molecular weight excluding hydrogens is 318 g/mol. The molecule has 25 heavy (non-hydrogen) atoms. The third-order valence-corrected chi connectivity index (χ3v) is 3.48. The van der Waals surface area contributed by atoms with E-state index in [1.54, 1.807) is 43.6 Å². The summed E-state index contributed by atoms with van der Waals surface area (Å²) in [4.78, 5) is 26.3. The first-order valence-electron chi connectivity index (χ1n) is 7.77. The minimum atomic E-state index is -0.0219. The van der Waals surface area contributed by atoms with E-state index >= 15 is 0 Å². The van der Waals surface area contributed by atoms with E-state index in [4.69, 9.17) is 0 Å². The Hall–Kier alpha value is -3.29. The average molecular weight is 337 g/mol. The Morgan fingerprint density at radius 1 is 1.28 bits per heavy atom. The van der Waals surface area contributed by atoms with Crippen LogP contribution >= 0.6 is 0 Å². The van der Waals surface area contributed by atoms with Gasteiger partial charge in [0, 0.05) is 50.0 Å². The molecule has 0 bridgehead atoms. The van der Waals surface area contributed by atoms with E-state index in [0.717, 1.165) is 16.9 Å². The molecule has 8 nitrogen and oxygen atoms in total. The Morgan fingerprint density at radius 3 is 2.84 bits per heavy atom. The molecule has 0 aliphatic rings. The van der Waals surface area contributed by atoms with Gasteiger partial charge in [-0.3, -0.25) is 14.5 Å². The van der Waals surface area contributed by atoms with Crippen molar-refractivity contribution >= 4 is 17.4 Å². The largest absolute Gasteiger partial charge is 0.347 e. The van der Waals surface area contributed by atoms with E-state index in [2.05, 4.69) is 25.4 Å². The maximum atomic E-state index is 11.7. The number of amides is 1. The molecule has 0 spiro atoms. The van der Waals surface area contributed by atoms with Gasteiger partial charge in [0.2, 0.25) is 5.91 Å². The third kappa shape index (κ3) is 4.17. The Kier molecular flexibility index (Phi) is 4.69. The highest BCUT2D eigenvalue weighted by molar-refractivity contribution is 5.75. The molecule has 0 fully saturated rings. The highest BCUT2D eigenvalue weighted by Gasteiger charge is 2.09. The molecule has 128 valence electrons. The molecule has 0 saturated heterocycles. The van der Waals surface area contributed by atoms with Gasteiger partial charge in [-0.05, 0) is 19.1 Å². The van der Waals surface area contributed by atoms with Gasteiger partial charge in [0.05, 0.1) is 11.9 Å². The van der Waals surface area contributed by atoms with Crippen LogP contribution in [-0.4, -0.2) is 49.6 Å². The van der Waals surface area contributed by atoms with Crippen molar-refractivity contribution in [2.75, 3.05) is 19.4 Å². The lowest BCUT2D eigenvalue weighted by atomic mass is 10.2. The standard InChI is InChI=1S/C17H19N7O/c1-12-7-15(22-17(20-12)13-5-4-6-18-8-13)21-14-9-19-24(10-14)11-16(25)23(2)3/h4-10H,11H2,1-3H3,(H,20,21,22). The van der Waals surface area contributed by atoms with Crippen molar-refractivity contribution in [1.82, 2.24) is 29.6 Å².